The molecule has 1 amide bonds. The van der Waals surface area contributed by atoms with Crippen LogP contribution in [0, 0.1) is 17.2 Å². The summed E-state index contributed by atoms with van der Waals surface area (Å²) < 4.78 is 11.0. The topological polar surface area (TPSA) is 71.3 Å². The first-order chi connectivity index (χ1) is 10.7. The van der Waals surface area contributed by atoms with Crippen LogP contribution >= 0.6 is 0 Å². The van der Waals surface area contributed by atoms with Gasteiger partial charge in [-0.2, -0.15) is 5.26 Å². The minimum atomic E-state index is -0.937. The second-order valence-electron chi connectivity index (χ2n) is 6.47. The van der Waals surface area contributed by atoms with Crippen LogP contribution in [0.5, 0.6) is 5.75 Å². The van der Waals surface area contributed by atoms with Gasteiger partial charge in [-0.05, 0) is 45.2 Å². The summed E-state index contributed by atoms with van der Waals surface area (Å²) in [6.07, 6.45) is 0.607. The summed E-state index contributed by atoms with van der Waals surface area (Å²) in [6.45, 7) is 9.65. The standard InChI is InChI=1S/C18H26N2O3/c1-12(2)10-18(5,22-6)17(21)20-16-8-7-15(23-13(3)4)9-14(16)11-19/h7-9,12-13H,10H2,1-6H3,(H,20,21)/t18-/m1/s1. The van der Waals surface area contributed by atoms with Crippen LogP contribution < -0.4 is 10.1 Å². The number of hydrogen-bond acceptors (Lipinski definition) is 4. The molecule has 0 aliphatic carbocycles. The molecule has 0 spiro atoms. The van der Waals surface area contributed by atoms with Gasteiger partial charge in [-0.15, -0.1) is 0 Å². The molecule has 5 heteroatoms. The number of carbonyl (C=O) groups excluding carboxylic acids is 1. The SMILES string of the molecule is CO[C@](C)(CC(C)C)C(=O)Nc1ccc(OC(C)C)cc1C#N. The first-order valence-corrected chi connectivity index (χ1v) is 7.79. The number of amides is 1. The molecule has 1 N–H and O–H groups in total. The molecule has 1 atom stereocenters. The molecule has 5 nitrogen and oxygen atoms in total. The summed E-state index contributed by atoms with van der Waals surface area (Å²) in [5, 5.41) is 12.1. The number of rotatable bonds is 7. The van der Waals surface area contributed by atoms with Crippen LogP contribution in [0.15, 0.2) is 18.2 Å². The van der Waals surface area contributed by atoms with Gasteiger partial charge in [-0.25, -0.2) is 0 Å². The molecule has 0 aliphatic heterocycles. The van der Waals surface area contributed by atoms with E-state index >= 15 is 0 Å². The molecule has 23 heavy (non-hydrogen) atoms. The summed E-state index contributed by atoms with van der Waals surface area (Å²) in [6, 6.07) is 7.14. The normalized spacial score (nSPS) is 13.5. The molecule has 0 fully saturated rings. The molecule has 0 bridgehead atoms. The minimum Gasteiger partial charge on any atom is -0.491 e. The maximum absolute atomic E-state index is 12.6. The van der Waals surface area contributed by atoms with Crippen LogP contribution in [0.25, 0.3) is 0 Å². The minimum absolute atomic E-state index is 0.0183. The fourth-order valence-corrected chi connectivity index (χ4v) is 2.37. The van der Waals surface area contributed by atoms with Crippen LogP contribution in [0.4, 0.5) is 5.69 Å². The van der Waals surface area contributed by atoms with Gasteiger partial charge in [-0.1, -0.05) is 13.8 Å². The van der Waals surface area contributed by atoms with Gasteiger partial charge in [0.1, 0.15) is 17.4 Å². The molecule has 1 aromatic carbocycles. The Morgan fingerprint density at radius 3 is 2.48 bits per heavy atom. The van der Waals surface area contributed by atoms with Gasteiger partial charge in [0.05, 0.1) is 17.4 Å². The highest BCUT2D eigenvalue weighted by Gasteiger charge is 2.34. The smallest absolute Gasteiger partial charge is 0.256 e. The Labute approximate surface area is 138 Å². The van der Waals surface area contributed by atoms with Crippen molar-refractivity contribution in [3.05, 3.63) is 23.8 Å². The van der Waals surface area contributed by atoms with E-state index in [0.717, 1.165) is 0 Å². The third-order valence-electron chi connectivity index (χ3n) is 3.46. The lowest BCUT2D eigenvalue weighted by Gasteiger charge is -2.28. The monoisotopic (exact) mass is 318 g/mol. The molecule has 0 aliphatic rings. The van der Waals surface area contributed by atoms with E-state index < -0.39 is 5.60 Å². The van der Waals surface area contributed by atoms with Crippen molar-refractivity contribution < 1.29 is 14.3 Å². The van der Waals surface area contributed by atoms with E-state index in [1.165, 1.54) is 7.11 Å². The third kappa shape index (κ3) is 5.26. The summed E-state index contributed by atoms with van der Waals surface area (Å²) in [4.78, 5) is 12.6. The zero-order chi connectivity index (χ0) is 17.6. The third-order valence-corrected chi connectivity index (χ3v) is 3.46. The lowest BCUT2D eigenvalue weighted by Crippen LogP contribution is -2.43. The highest BCUT2D eigenvalue weighted by Crippen LogP contribution is 2.26. The van der Waals surface area contributed by atoms with Gasteiger partial charge in [0.2, 0.25) is 0 Å². The molecule has 0 unspecified atom stereocenters. The lowest BCUT2D eigenvalue weighted by molar-refractivity contribution is -0.137. The Morgan fingerprint density at radius 1 is 1.35 bits per heavy atom. The van der Waals surface area contributed by atoms with E-state index in [2.05, 4.69) is 11.4 Å². The molecule has 0 saturated heterocycles. The molecular formula is C18H26N2O3. The summed E-state index contributed by atoms with van der Waals surface area (Å²) >= 11 is 0. The summed E-state index contributed by atoms with van der Waals surface area (Å²) in [7, 11) is 1.52. The van der Waals surface area contributed by atoms with Crippen molar-refractivity contribution in [1.82, 2.24) is 0 Å². The number of benzene rings is 1. The van der Waals surface area contributed by atoms with E-state index in [-0.39, 0.29) is 12.0 Å². The predicted octanol–water partition coefficient (Wildman–Crippen LogP) is 3.74. The van der Waals surface area contributed by atoms with Crippen molar-refractivity contribution in [3.63, 3.8) is 0 Å². The average Bonchev–Trinajstić information content (AvgIpc) is 2.47. The van der Waals surface area contributed by atoms with Gasteiger partial charge >= 0.3 is 0 Å². The maximum atomic E-state index is 12.6. The fourth-order valence-electron chi connectivity index (χ4n) is 2.37. The Hall–Kier alpha value is -2.06. The first-order valence-electron chi connectivity index (χ1n) is 7.79. The zero-order valence-corrected chi connectivity index (χ0v) is 14.8. The van der Waals surface area contributed by atoms with Crippen LogP contribution in [0.3, 0.4) is 0 Å². The molecule has 0 radical (unpaired) electrons. The van der Waals surface area contributed by atoms with Crippen LogP contribution in [-0.4, -0.2) is 24.7 Å². The molecule has 0 aromatic heterocycles. The van der Waals surface area contributed by atoms with Gasteiger partial charge in [0.15, 0.2) is 0 Å². The van der Waals surface area contributed by atoms with E-state index in [4.69, 9.17) is 9.47 Å². The van der Waals surface area contributed by atoms with Crippen LogP contribution in [0.1, 0.15) is 46.6 Å². The van der Waals surface area contributed by atoms with Gasteiger partial charge < -0.3 is 14.8 Å². The quantitative estimate of drug-likeness (QED) is 0.831. The Balaban J connectivity index is 2.99. The molecule has 0 saturated carbocycles. The largest absolute Gasteiger partial charge is 0.491 e. The highest BCUT2D eigenvalue weighted by molar-refractivity contribution is 5.98. The Morgan fingerprint density at radius 2 is 2.00 bits per heavy atom. The van der Waals surface area contributed by atoms with Gasteiger partial charge in [0, 0.05) is 13.2 Å². The number of nitrogens with zero attached hydrogens (tertiary/aromatic N) is 1. The number of anilines is 1. The van der Waals surface area contributed by atoms with Gasteiger partial charge in [-0.3, -0.25) is 4.79 Å². The van der Waals surface area contributed by atoms with Crippen molar-refractivity contribution in [2.45, 2.75) is 52.7 Å². The first kappa shape index (κ1) is 19.0. The molecule has 1 aromatic rings. The lowest BCUT2D eigenvalue weighted by atomic mass is 9.93. The van der Waals surface area contributed by atoms with E-state index in [1.807, 2.05) is 27.7 Å². The molecule has 0 heterocycles. The predicted molar refractivity (Wildman–Crippen MR) is 90.4 cm³/mol. The van der Waals surface area contributed by atoms with Crippen molar-refractivity contribution in [1.29, 1.82) is 5.26 Å². The molecular weight excluding hydrogens is 292 g/mol. The van der Waals surface area contributed by atoms with Crippen molar-refractivity contribution >= 4 is 11.6 Å². The summed E-state index contributed by atoms with van der Waals surface area (Å²) in [5.41, 5.74) is -0.117. The number of methoxy groups -OCH3 is 1. The maximum Gasteiger partial charge on any atom is 0.256 e. The zero-order valence-electron chi connectivity index (χ0n) is 14.8. The summed E-state index contributed by atoms with van der Waals surface area (Å²) in [5.74, 6) is 0.650. The van der Waals surface area contributed by atoms with E-state index in [0.29, 0.717) is 29.3 Å². The van der Waals surface area contributed by atoms with E-state index in [9.17, 15) is 10.1 Å². The highest BCUT2D eigenvalue weighted by atomic mass is 16.5. The number of hydrogen-bond donors (Lipinski definition) is 1. The second-order valence-corrected chi connectivity index (χ2v) is 6.47. The number of nitrogens with one attached hydrogen (secondary N) is 1. The van der Waals surface area contributed by atoms with Crippen molar-refractivity contribution in [2.75, 3.05) is 12.4 Å². The average molecular weight is 318 g/mol. The Bertz CT molecular complexity index is 590. The second kappa shape index (κ2) is 7.98. The number of ether oxygens (including phenoxy) is 2. The van der Waals surface area contributed by atoms with E-state index in [1.54, 1.807) is 25.1 Å². The van der Waals surface area contributed by atoms with Crippen molar-refractivity contribution in [3.8, 4) is 11.8 Å². The van der Waals surface area contributed by atoms with Crippen molar-refractivity contribution in [2.24, 2.45) is 5.92 Å². The van der Waals surface area contributed by atoms with Gasteiger partial charge in [0.25, 0.3) is 5.91 Å². The number of carbonyl (C=O) groups is 1. The Kier molecular flexibility index (Phi) is 6.59. The van der Waals surface area contributed by atoms with Crippen LogP contribution in [0.2, 0.25) is 0 Å². The molecule has 126 valence electrons. The fraction of sp³-hybridized carbons (Fsp3) is 0.556. The molecule has 1 rings (SSSR count). The van der Waals surface area contributed by atoms with Crippen LogP contribution in [-0.2, 0) is 9.53 Å². The number of nitriles is 1.